The van der Waals surface area contributed by atoms with E-state index in [4.69, 9.17) is 10.9 Å². The lowest BCUT2D eigenvalue weighted by Gasteiger charge is -2.04. The molecular formula is C11H11BrN4O2S. The average molecular weight is 343 g/mol. The van der Waals surface area contributed by atoms with Crippen LogP contribution in [0.3, 0.4) is 0 Å². The van der Waals surface area contributed by atoms with Crippen molar-refractivity contribution < 1.29 is 9.90 Å². The molecule has 3 N–H and O–H groups in total. The monoisotopic (exact) mass is 342 g/mol. The molecular weight excluding hydrogens is 332 g/mol. The minimum atomic E-state index is -0.923. The normalized spacial score (nSPS) is 10.6. The van der Waals surface area contributed by atoms with Crippen molar-refractivity contribution in [3.8, 4) is 11.4 Å². The van der Waals surface area contributed by atoms with Gasteiger partial charge in [0.25, 0.3) is 0 Å². The Balaban J connectivity index is 2.33. The molecule has 0 aliphatic rings. The maximum atomic E-state index is 10.5. The summed E-state index contributed by atoms with van der Waals surface area (Å²) in [5.41, 5.74) is 1.89. The lowest BCUT2D eigenvalue weighted by molar-refractivity contribution is -0.133. The van der Waals surface area contributed by atoms with E-state index in [0.717, 1.165) is 27.4 Å². The third-order valence-electron chi connectivity index (χ3n) is 2.29. The number of carboxylic acids is 1. The van der Waals surface area contributed by atoms with Crippen molar-refractivity contribution in [3.63, 3.8) is 0 Å². The van der Waals surface area contributed by atoms with Crippen LogP contribution in [0.1, 0.15) is 5.56 Å². The summed E-state index contributed by atoms with van der Waals surface area (Å²) in [6.07, 6.45) is 0. The summed E-state index contributed by atoms with van der Waals surface area (Å²) in [6.45, 7) is 1.96. The van der Waals surface area contributed by atoms with Crippen molar-refractivity contribution in [2.24, 2.45) is 0 Å². The summed E-state index contributed by atoms with van der Waals surface area (Å²) in [5.74, 6) is 5.35. The minimum Gasteiger partial charge on any atom is -0.481 e. The van der Waals surface area contributed by atoms with Gasteiger partial charge in [0, 0.05) is 10.0 Å². The number of thioether (sulfide) groups is 1. The highest BCUT2D eigenvalue weighted by Gasteiger charge is 2.14. The molecule has 100 valence electrons. The Morgan fingerprint density at radius 1 is 1.47 bits per heavy atom. The zero-order valence-corrected chi connectivity index (χ0v) is 12.4. The Morgan fingerprint density at radius 2 is 2.21 bits per heavy atom. The fourth-order valence-corrected chi connectivity index (χ4v) is 2.75. The number of aromatic nitrogens is 3. The molecule has 1 heterocycles. The van der Waals surface area contributed by atoms with E-state index in [1.54, 1.807) is 0 Å². The Morgan fingerprint density at radius 3 is 2.84 bits per heavy atom. The largest absolute Gasteiger partial charge is 0.481 e. The molecule has 0 bridgehead atoms. The lowest BCUT2D eigenvalue weighted by atomic mass is 10.1. The molecule has 6 nitrogen and oxygen atoms in total. The highest BCUT2D eigenvalue weighted by Crippen LogP contribution is 2.25. The van der Waals surface area contributed by atoms with Crippen LogP contribution in [0.25, 0.3) is 11.4 Å². The van der Waals surface area contributed by atoms with Crippen LogP contribution in [-0.4, -0.2) is 31.7 Å². The summed E-state index contributed by atoms with van der Waals surface area (Å²) >= 11 is 4.44. The predicted molar refractivity (Wildman–Crippen MR) is 76.4 cm³/mol. The standard InChI is InChI=1S/C11H11BrN4O2S/c1-6-2-7(4-8(12)3-6)10-14-15-11(16(10)13)19-5-9(17)18/h2-4H,5,13H2,1H3,(H,17,18). The zero-order chi connectivity index (χ0) is 14.0. The molecule has 0 fully saturated rings. The first kappa shape index (κ1) is 13.9. The number of nitrogens with two attached hydrogens (primary N) is 1. The molecule has 0 unspecified atom stereocenters. The minimum absolute atomic E-state index is 0.104. The summed E-state index contributed by atoms with van der Waals surface area (Å²) in [4.78, 5) is 10.5. The van der Waals surface area contributed by atoms with Crippen molar-refractivity contribution >= 4 is 33.7 Å². The summed E-state index contributed by atoms with van der Waals surface area (Å²) in [5, 5.41) is 16.9. The number of aryl methyl sites for hydroxylation is 1. The smallest absolute Gasteiger partial charge is 0.313 e. The SMILES string of the molecule is Cc1cc(Br)cc(-c2nnc(SCC(=O)O)n2N)c1. The second-order valence-electron chi connectivity index (χ2n) is 3.88. The number of hydrogen-bond donors (Lipinski definition) is 2. The number of nitrogen functional groups attached to an aromatic ring is 1. The lowest BCUT2D eigenvalue weighted by Crippen LogP contribution is -2.12. The van der Waals surface area contributed by atoms with Gasteiger partial charge in [-0.1, -0.05) is 27.7 Å². The third-order valence-corrected chi connectivity index (χ3v) is 3.68. The molecule has 0 saturated carbocycles. The van der Waals surface area contributed by atoms with Crippen LogP contribution in [-0.2, 0) is 4.79 Å². The Bertz CT molecular complexity index is 609. The van der Waals surface area contributed by atoms with E-state index in [0.29, 0.717) is 11.0 Å². The number of benzene rings is 1. The van der Waals surface area contributed by atoms with E-state index in [-0.39, 0.29) is 5.75 Å². The summed E-state index contributed by atoms with van der Waals surface area (Å²) < 4.78 is 2.22. The van der Waals surface area contributed by atoms with Gasteiger partial charge >= 0.3 is 5.97 Å². The van der Waals surface area contributed by atoms with Crippen molar-refractivity contribution in [3.05, 3.63) is 28.2 Å². The van der Waals surface area contributed by atoms with E-state index >= 15 is 0 Å². The number of aliphatic carboxylic acids is 1. The Hall–Kier alpha value is -1.54. The summed E-state index contributed by atoms with van der Waals surface area (Å²) in [7, 11) is 0. The van der Waals surface area contributed by atoms with Crippen LogP contribution in [0.4, 0.5) is 0 Å². The Kier molecular flexibility index (Phi) is 4.11. The predicted octanol–water partition coefficient (Wildman–Crippen LogP) is 1.91. The van der Waals surface area contributed by atoms with Gasteiger partial charge in [-0.2, -0.15) is 0 Å². The van der Waals surface area contributed by atoms with Gasteiger partial charge in [-0.15, -0.1) is 10.2 Å². The molecule has 2 rings (SSSR count). The second kappa shape index (κ2) is 5.62. The molecule has 0 saturated heterocycles. The molecule has 0 atom stereocenters. The van der Waals surface area contributed by atoms with Gasteiger partial charge < -0.3 is 10.9 Å². The highest BCUT2D eigenvalue weighted by atomic mass is 79.9. The molecule has 1 aromatic heterocycles. The van der Waals surface area contributed by atoms with Crippen molar-refractivity contribution in [1.29, 1.82) is 0 Å². The van der Waals surface area contributed by atoms with Crippen LogP contribution in [0, 0.1) is 6.92 Å². The number of halogens is 1. The van der Waals surface area contributed by atoms with Crippen LogP contribution < -0.4 is 5.84 Å². The fraction of sp³-hybridized carbons (Fsp3) is 0.182. The molecule has 0 radical (unpaired) electrons. The van der Waals surface area contributed by atoms with E-state index in [1.807, 2.05) is 25.1 Å². The van der Waals surface area contributed by atoms with Gasteiger partial charge in [0.05, 0.1) is 5.75 Å². The van der Waals surface area contributed by atoms with Crippen molar-refractivity contribution in [2.75, 3.05) is 11.6 Å². The molecule has 2 aromatic rings. The first-order valence-electron chi connectivity index (χ1n) is 5.30. The topological polar surface area (TPSA) is 94.0 Å². The van der Waals surface area contributed by atoms with Gasteiger partial charge in [-0.05, 0) is 30.7 Å². The van der Waals surface area contributed by atoms with Gasteiger partial charge in [0.15, 0.2) is 5.82 Å². The molecule has 0 amide bonds. The van der Waals surface area contributed by atoms with Gasteiger partial charge in [0.2, 0.25) is 5.16 Å². The quantitative estimate of drug-likeness (QED) is 0.651. The van der Waals surface area contributed by atoms with E-state index < -0.39 is 5.97 Å². The Labute approximate surface area is 122 Å². The van der Waals surface area contributed by atoms with E-state index in [9.17, 15) is 4.79 Å². The molecule has 19 heavy (non-hydrogen) atoms. The van der Waals surface area contributed by atoms with Crippen molar-refractivity contribution in [1.82, 2.24) is 14.9 Å². The van der Waals surface area contributed by atoms with Gasteiger partial charge in [-0.25, -0.2) is 4.68 Å². The number of carboxylic acid groups (broad SMARTS) is 1. The zero-order valence-electron chi connectivity index (χ0n) is 10.00. The number of carbonyl (C=O) groups is 1. The molecule has 8 heteroatoms. The van der Waals surface area contributed by atoms with E-state index in [2.05, 4.69) is 26.1 Å². The van der Waals surface area contributed by atoms with E-state index in [1.165, 1.54) is 4.68 Å². The average Bonchev–Trinajstić information content (AvgIpc) is 2.66. The van der Waals surface area contributed by atoms with Crippen LogP contribution in [0.15, 0.2) is 27.8 Å². The summed E-state index contributed by atoms with van der Waals surface area (Å²) in [6, 6.07) is 5.79. The van der Waals surface area contributed by atoms with Gasteiger partial charge in [0.1, 0.15) is 0 Å². The number of rotatable bonds is 4. The maximum absolute atomic E-state index is 10.5. The molecule has 1 aromatic carbocycles. The molecule has 0 aliphatic heterocycles. The maximum Gasteiger partial charge on any atom is 0.313 e. The first-order chi connectivity index (χ1) is 8.97. The number of nitrogens with zero attached hydrogens (tertiary/aromatic N) is 3. The van der Waals surface area contributed by atoms with Crippen LogP contribution >= 0.6 is 27.7 Å². The second-order valence-corrected chi connectivity index (χ2v) is 5.73. The molecule has 0 aliphatic carbocycles. The molecule has 0 spiro atoms. The number of hydrogen-bond acceptors (Lipinski definition) is 5. The first-order valence-corrected chi connectivity index (χ1v) is 7.08. The van der Waals surface area contributed by atoms with Crippen molar-refractivity contribution in [2.45, 2.75) is 12.1 Å². The van der Waals surface area contributed by atoms with Gasteiger partial charge in [-0.3, -0.25) is 4.79 Å². The highest BCUT2D eigenvalue weighted by molar-refractivity contribution is 9.10. The third kappa shape index (κ3) is 3.27. The van der Waals surface area contributed by atoms with Crippen LogP contribution in [0.5, 0.6) is 0 Å². The fourth-order valence-electron chi connectivity index (χ4n) is 1.56. The van der Waals surface area contributed by atoms with Crippen LogP contribution in [0.2, 0.25) is 0 Å².